The summed E-state index contributed by atoms with van der Waals surface area (Å²) in [4.78, 5) is 10.3. The first kappa shape index (κ1) is 15.0. The fourth-order valence-corrected chi connectivity index (χ4v) is 1.93. The third kappa shape index (κ3) is 5.51. The number of nitrogens with two attached hydrogens (primary N) is 1. The zero-order chi connectivity index (χ0) is 13.4. The summed E-state index contributed by atoms with van der Waals surface area (Å²) in [6, 6.07) is 1.69. The van der Waals surface area contributed by atoms with E-state index >= 15 is 0 Å². The molecule has 0 atom stereocenters. The number of aromatic nitrogens is 2. The van der Waals surface area contributed by atoms with Crippen LogP contribution in [0.5, 0.6) is 0 Å². The van der Waals surface area contributed by atoms with Gasteiger partial charge >= 0.3 is 0 Å². The van der Waals surface area contributed by atoms with Gasteiger partial charge in [-0.25, -0.2) is 9.97 Å². The van der Waals surface area contributed by atoms with Crippen molar-refractivity contribution >= 4 is 23.2 Å². The van der Waals surface area contributed by atoms with E-state index in [0.717, 1.165) is 32.6 Å². The van der Waals surface area contributed by atoms with Gasteiger partial charge in [0.15, 0.2) is 0 Å². The summed E-state index contributed by atoms with van der Waals surface area (Å²) < 4.78 is 0. The molecule has 3 N–H and O–H groups in total. The van der Waals surface area contributed by atoms with Crippen LogP contribution in [0, 0.1) is 0 Å². The van der Waals surface area contributed by atoms with Crippen molar-refractivity contribution in [1.29, 1.82) is 0 Å². The van der Waals surface area contributed by atoms with Crippen LogP contribution in [0.1, 0.15) is 26.7 Å². The van der Waals surface area contributed by atoms with E-state index in [1.807, 2.05) is 0 Å². The van der Waals surface area contributed by atoms with Gasteiger partial charge in [-0.15, -0.1) is 0 Å². The largest absolute Gasteiger partial charge is 0.383 e. The molecule has 1 rings (SSSR count). The molecule has 0 saturated carbocycles. The van der Waals surface area contributed by atoms with Crippen molar-refractivity contribution in [3.05, 3.63) is 11.3 Å². The molecule has 0 aromatic carbocycles. The average Bonchev–Trinajstić information content (AvgIpc) is 2.32. The fraction of sp³-hybridized carbons (Fsp3) is 0.667. The standard InChI is InChI=1S/C12H22ClN5/c1-3-18(4-2)8-6-5-7-15-11-9-10(14)16-12(13)17-11/h9H,3-8H2,1-2H3,(H3,14,15,16,17). The van der Waals surface area contributed by atoms with Crippen molar-refractivity contribution in [1.82, 2.24) is 14.9 Å². The van der Waals surface area contributed by atoms with Crippen LogP contribution >= 0.6 is 11.6 Å². The first-order valence-corrected chi connectivity index (χ1v) is 6.79. The molecular weight excluding hydrogens is 250 g/mol. The molecule has 0 spiro atoms. The Hall–Kier alpha value is -1.07. The Kier molecular flexibility index (Phi) is 6.75. The monoisotopic (exact) mass is 271 g/mol. The van der Waals surface area contributed by atoms with Crippen molar-refractivity contribution in [2.75, 3.05) is 37.2 Å². The Labute approximate surface area is 114 Å². The Balaban J connectivity index is 2.21. The fourth-order valence-electron chi connectivity index (χ4n) is 1.74. The minimum Gasteiger partial charge on any atom is -0.383 e. The number of unbranched alkanes of at least 4 members (excludes halogenated alkanes) is 1. The molecule has 1 aromatic rings. The quantitative estimate of drug-likeness (QED) is 0.561. The number of hydrogen-bond donors (Lipinski definition) is 2. The highest BCUT2D eigenvalue weighted by Gasteiger charge is 2.01. The molecule has 0 bridgehead atoms. The lowest BCUT2D eigenvalue weighted by Gasteiger charge is -2.17. The molecular formula is C12H22ClN5. The van der Waals surface area contributed by atoms with Crippen LogP contribution in [0.4, 0.5) is 11.6 Å². The first-order valence-electron chi connectivity index (χ1n) is 6.42. The SMILES string of the molecule is CCN(CC)CCCCNc1cc(N)nc(Cl)n1. The Morgan fingerprint density at radius 2 is 2.00 bits per heavy atom. The van der Waals surface area contributed by atoms with Crippen LogP contribution in [0.3, 0.4) is 0 Å². The Morgan fingerprint density at radius 1 is 1.28 bits per heavy atom. The summed E-state index contributed by atoms with van der Waals surface area (Å²) >= 11 is 5.72. The van der Waals surface area contributed by atoms with Gasteiger partial charge in [0.25, 0.3) is 0 Å². The predicted molar refractivity (Wildman–Crippen MR) is 77.0 cm³/mol. The molecule has 6 heteroatoms. The molecule has 102 valence electrons. The lowest BCUT2D eigenvalue weighted by atomic mass is 10.3. The van der Waals surface area contributed by atoms with Crippen LogP contribution in [0.25, 0.3) is 0 Å². The molecule has 18 heavy (non-hydrogen) atoms. The van der Waals surface area contributed by atoms with Crippen LogP contribution in [0.2, 0.25) is 5.28 Å². The lowest BCUT2D eigenvalue weighted by Crippen LogP contribution is -2.24. The van der Waals surface area contributed by atoms with Gasteiger partial charge in [-0.2, -0.15) is 0 Å². The zero-order valence-electron chi connectivity index (χ0n) is 11.1. The van der Waals surface area contributed by atoms with E-state index in [9.17, 15) is 0 Å². The number of rotatable bonds is 8. The van der Waals surface area contributed by atoms with Crippen molar-refractivity contribution in [2.45, 2.75) is 26.7 Å². The van der Waals surface area contributed by atoms with Crippen molar-refractivity contribution < 1.29 is 0 Å². The molecule has 1 aromatic heterocycles. The van der Waals surface area contributed by atoms with Gasteiger partial charge in [0.2, 0.25) is 5.28 Å². The zero-order valence-corrected chi connectivity index (χ0v) is 11.9. The number of nitrogens with zero attached hydrogens (tertiary/aromatic N) is 3. The molecule has 0 aliphatic carbocycles. The lowest BCUT2D eigenvalue weighted by molar-refractivity contribution is 0.298. The maximum Gasteiger partial charge on any atom is 0.226 e. The van der Waals surface area contributed by atoms with Crippen LogP contribution in [-0.4, -0.2) is 41.0 Å². The smallest absolute Gasteiger partial charge is 0.226 e. The first-order chi connectivity index (χ1) is 8.65. The third-order valence-corrected chi connectivity index (χ3v) is 2.99. The number of halogens is 1. The van der Waals surface area contributed by atoms with E-state index in [1.54, 1.807) is 6.07 Å². The predicted octanol–water partition coefficient (Wildman–Crippen LogP) is 2.25. The van der Waals surface area contributed by atoms with Gasteiger partial charge in [-0.05, 0) is 44.1 Å². The highest BCUT2D eigenvalue weighted by molar-refractivity contribution is 6.28. The number of nitrogen functional groups attached to an aromatic ring is 1. The van der Waals surface area contributed by atoms with E-state index in [0.29, 0.717) is 11.6 Å². The minimum absolute atomic E-state index is 0.181. The molecule has 0 unspecified atom stereocenters. The van der Waals surface area contributed by atoms with Crippen LogP contribution in [0.15, 0.2) is 6.07 Å². The number of anilines is 2. The van der Waals surface area contributed by atoms with Crippen LogP contribution < -0.4 is 11.1 Å². The maximum atomic E-state index is 5.72. The summed E-state index contributed by atoms with van der Waals surface area (Å²) in [5.41, 5.74) is 5.58. The summed E-state index contributed by atoms with van der Waals surface area (Å²) in [7, 11) is 0. The van der Waals surface area contributed by atoms with Crippen LogP contribution in [-0.2, 0) is 0 Å². The van der Waals surface area contributed by atoms with Gasteiger partial charge in [-0.1, -0.05) is 13.8 Å². The second-order valence-corrected chi connectivity index (χ2v) is 4.45. The van der Waals surface area contributed by atoms with E-state index in [1.165, 1.54) is 6.42 Å². The molecule has 0 fully saturated rings. The van der Waals surface area contributed by atoms with Gasteiger partial charge in [0, 0.05) is 12.6 Å². The summed E-state index contributed by atoms with van der Waals surface area (Å²) in [5, 5.41) is 3.38. The van der Waals surface area contributed by atoms with E-state index < -0.39 is 0 Å². The molecule has 0 amide bonds. The third-order valence-electron chi connectivity index (χ3n) is 2.82. The molecule has 1 heterocycles. The molecule has 0 aliphatic heterocycles. The minimum atomic E-state index is 0.181. The van der Waals surface area contributed by atoms with Crippen molar-refractivity contribution in [3.8, 4) is 0 Å². The number of nitrogens with one attached hydrogen (secondary N) is 1. The summed E-state index contributed by atoms with van der Waals surface area (Å²) in [6.45, 7) is 8.61. The second kappa shape index (κ2) is 8.11. The molecule has 5 nitrogen and oxygen atoms in total. The summed E-state index contributed by atoms with van der Waals surface area (Å²) in [5.74, 6) is 1.08. The highest BCUT2D eigenvalue weighted by atomic mass is 35.5. The molecule has 0 saturated heterocycles. The molecule has 0 radical (unpaired) electrons. The highest BCUT2D eigenvalue weighted by Crippen LogP contribution is 2.11. The van der Waals surface area contributed by atoms with Crippen molar-refractivity contribution in [3.63, 3.8) is 0 Å². The second-order valence-electron chi connectivity index (χ2n) is 4.11. The van der Waals surface area contributed by atoms with Crippen molar-refractivity contribution in [2.24, 2.45) is 0 Å². The van der Waals surface area contributed by atoms with Gasteiger partial charge < -0.3 is 16.0 Å². The number of hydrogen-bond acceptors (Lipinski definition) is 5. The van der Waals surface area contributed by atoms with Gasteiger partial charge in [-0.3, -0.25) is 0 Å². The average molecular weight is 272 g/mol. The van der Waals surface area contributed by atoms with Gasteiger partial charge in [0.1, 0.15) is 11.6 Å². The topological polar surface area (TPSA) is 67.1 Å². The van der Waals surface area contributed by atoms with Gasteiger partial charge in [0.05, 0.1) is 0 Å². The Bertz CT molecular complexity index is 334. The summed E-state index contributed by atoms with van der Waals surface area (Å²) in [6.07, 6.45) is 2.26. The van der Waals surface area contributed by atoms with E-state index in [4.69, 9.17) is 17.3 Å². The van der Waals surface area contributed by atoms with E-state index in [-0.39, 0.29) is 5.28 Å². The molecule has 0 aliphatic rings. The Morgan fingerprint density at radius 3 is 2.61 bits per heavy atom. The normalized spacial score (nSPS) is 10.9. The maximum absolute atomic E-state index is 5.72. The van der Waals surface area contributed by atoms with E-state index in [2.05, 4.69) is 34.0 Å².